The number of aromatic nitrogens is 4. The summed E-state index contributed by atoms with van der Waals surface area (Å²) in [6.07, 6.45) is 5.00. The Labute approximate surface area is 116 Å². The number of unbranched alkanes of at least 4 members (excludes halogenated alkanes) is 1. The highest BCUT2D eigenvalue weighted by atomic mass is 16.2. The van der Waals surface area contributed by atoms with Gasteiger partial charge in [-0.2, -0.15) is 5.10 Å². The second kappa shape index (κ2) is 6.65. The van der Waals surface area contributed by atoms with Gasteiger partial charge in [-0.1, -0.05) is 13.3 Å². The van der Waals surface area contributed by atoms with Crippen molar-refractivity contribution in [2.75, 3.05) is 0 Å². The standard InChI is InChI=1S/C13H17N5O2/c1-2-3-6-18-12(19)5-4-11(17-18)13(20)15-8-10-7-14-9-16-10/h4-5,7,9H,2-3,6,8H2,1H3,(H,14,16)(H,15,20). The van der Waals surface area contributed by atoms with E-state index in [1.54, 1.807) is 12.5 Å². The number of nitrogens with zero attached hydrogens (tertiary/aromatic N) is 3. The number of imidazole rings is 1. The minimum atomic E-state index is -0.315. The Hall–Kier alpha value is -2.44. The predicted molar refractivity (Wildman–Crippen MR) is 73.2 cm³/mol. The first-order valence-corrected chi connectivity index (χ1v) is 6.54. The molecule has 2 aromatic rings. The summed E-state index contributed by atoms with van der Waals surface area (Å²) in [6, 6.07) is 2.81. The molecule has 1 amide bonds. The van der Waals surface area contributed by atoms with Crippen molar-refractivity contribution in [3.8, 4) is 0 Å². The molecule has 2 aromatic heterocycles. The van der Waals surface area contributed by atoms with Crippen LogP contribution in [0.5, 0.6) is 0 Å². The molecular weight excluding hydrogens is 258 g/mol. The number of rotatable bonds is 6. The van der Waals surface area contributed by atoms with Crippen molar-refractivity contribution in [2.45, 2.75) is 32.9 Å². The van der Waals surface area contributed by atoms with Gasteiger partial charge in [-0.05, 0) is 12.5 Å². The average Bonchev–Trinajstić information content (AvgIpc) is 2.97. The van der Waals surface area contributed by atoms with E-state index in [4.69, 9.17) is 0 Å². The summed E-state index contributed by atoms with van der Waals surface area (Å²) in [6.45, 7) is 2.90. The van der Waals surface area contributed by atoms with E-state index in [1.807, 2.05) is 6.92 Å². The Morgan fingerprint density at radius 1 is 1.45 bits per heavy atom. The highest BCUT2D eigenvalue weighted by Gasteiger charge is 2.09. The second-order valence-corrected chi connectivity index (χ2v) is 4.39. The molecule has 0 aliphatic rings. The summed E-state index contributed by atoms with van der Waals surface area (Å²) in [4.78, 5) is 30.3. The third-order valence-corrected chi connectivity index (χ3v) is 2.82. The van der Waals surface area contributed by atoms with Gasteiger partial charge < -0.3 is 10.3 Å². The third kappa shape index (κ3) is 3.53. The number of amides is 1. The van der Waals surface area contributed by atoms with Crippen LogP contribution in [0.3, 0.4) is 0 Å². The first kappa shape index (κ1) is 14.0. The molecule has 0 aliphatic heterocycles. The van der Waals surface area contributed by atoms with Crippen LogP contribution in [-0.2, 0) is 13.1 Å². The quantitative estimate of drug-likeness (QED) is 0.811. The van der Waals surface area contributed by atoms with Crippen molar-refractivity contribution in [1.82, 2.24) is 25.1 Å². The van der Waals surface area contributed by atoms with E-state index in [2.05, 4.69) is 20.4 Å². The number of aryl methyl sites for hydroxylation is 1. The highest BCUT2D eigenvalue weighted by Crippen LogP contribution is 1.96. The molecule has 0 atom stereocenters. The van der Waals surface area contributed by atoms with Crippen LogP contribution in [0.2, 0.25) is 0 Å². The molecule has 0 fully saturated rings. The van der Waals surface area contributed by atoms with Crippen LogP contribution in [0.15, 0.2) is 29.5 Å². The Morgan fingerprint density at radius 2 is 2.30 bits per heavy atom. The summed E-state index contributed by atoms with van der Waals surface area (Å²) >= 11 is 0. The van der Waals surface area contributed by atoms with Gasteiger partial charge >= 0.3 is 0 Å². The van der Waals surface area contributed by atoms with Gasteiger partial charge in [0.1, 0.15) is 5.69 Å². The van der Waals surface area contributed by atoms with E-state index < -0.39 is 0 Å². The normalized spacial score (nSPS) is 10.4. The van der Waals surface area contributed by atoms with E-state index in [-0.39, 0.29) is 17.2 Å². The Bertz CT molecular complexity index is 618. The van der Waals surface area contributed by atoms with Gasteiger partial charge in [-0.3, -0.25) is 9.59 Å². The van der Waals surface area contributed by atoms with Crippen molar-refractivity contribution >= 4 is 5.91 Å². The molecule has 20 heavy (non-hydrogen) atoms. The van der Waals surface area contributed by atoms with E-state index >= 15 is 0 Å². The fraction of sp³-hybridized carbons (Fsp3) is 0.385. The van der Waals surface area contributed by atoms with E-state index in [0.717, 1.165) is 18.5 Å². The number of hydrogen-bond donors (Lipinski definition) is 2. The molecule has 0 aliphatic carbocycles. The van der Waals surface area contributed by atoms with E-state index in [9.17, 15) is 9.59 Å². The molecular formula is C13H17N5O2. The fourth-order valence-corrected chi connectivity index (χ4v) is 1.69. The lowest BCUT2D eigenvalue weighted by atomic mass is 10.3. The molecule has 7 heteroatoms. The first-order chi connectivity index (χ1) is 9.70. The number of hydrogen-bond acceptors (Lipinski definition) is 4. The van der Waals surface area contributed by atoms with Crippen molar-refractivity contribution in [3.05, 3.63) is 46.4 Å². The average molecular weight is 275 g/mol. The van der Waals surface area contributed by atoms with Gasteiger partial charge in [0.15, 0.2) is 0 Å². The topological polar surface area (TPSA) is 92.7 Å². The molecule has 2 rings (SSSR count). The molecule has 0 spiro atoms. The summed E-state index contributed by atoms with van der Waals surface area (Å²) < 4.78 is 1.33. The number of carbonyl (C=O) groups is 1. The minimum absolute atomic E-state index is 0.191. The van der Waals surface area contributed by atoms with E-state index in [1.165, 1.54) is 16.8 Å². The third-order valence-electron chi connectivity index (χ3n) is 2.82. The SMILES string of the molecule is CCCCn1nc(C(=O)NCc2cnc[nH]2)ccc1=O. The van der Waals surface area contributed by atoms with Crippen molar-refractivity contribution in [2.24, 2.45) is 0 Å². The largest absolute Gasteiger partial charge is 0.347 e. The highest BCUT2D eigenvalue weighted by molar-refractivity contribution is 5.91. The van der Waals surface area contributed by atoms with E-state index in [0.29, 0.717) is 13.1 Å². The Morgan fingerprint density at radius 3 is 3.00 bits per heavy atom. The monoisotopic (exact) mass is 275 g/mol. The van der Waals surface area contributed by atoms with Crippen LogP contribution in [0.1, 0.15) is 35.9 Å². The summed E-state index contributed by atoms with van der Waals surface area (Å²) in [5.41, 5.74) is 0.849. The minimum Gasteiger partial charge on any atom is -0.347 e. The van der Waals surface area contributed by atoms with Crippen LogP contribution in [0.25, 0.3) is 0 Å². The number of carbonyl (C=O) groups excluding carboxylic acids is 1. The maximum Gasteiger partial charge on any atom is 0.272 e. The van der Waals surface area contributed by atoms with Gasteiger partial charge in [0.25, 0.3) is 11.5 Å². The lowest BCUT2D eigenvalue weighted by Gasteiger charge is -2.06. The molecule has 0 aromatic carbocycles. The molecule has 7 nitrogen and oxygen atoms in total. The van der Waals surface area contributed by atoms with Crippen molar-refractivity contribution in [3.63, 3.8) is 0 Å². The van der Waals surface area contributed by atoms with Gasteiger partial charge in [0.05, 0.1) is 18.6 Å². The van der Waals surface area contributed by atoms with Crippen molar-refractivity contribution in [1.29, 1.82) is 0 Å². The first-order valence-electron chi connectivity index (χ1n) is 6.54. The van der Waals surface area contributed by atoms with Crippen LogP contribution >= 0.6 is 0 Å². The number of aromatic amines is 1. The Balaban J connectivity index is 2.03. The zero-order valence-corrected chi connectivity index (χ0v) is 11.3. The fourth-order valence-electron chi connectivity index (χ4n) is 1.69. The van der Waals surface area contributed by atoms with Gasteiger partial charge in [0.2, 0.25) is 0 Å². The molecule has 0 radical (unpaired) electrons. The smallest absolute Gasteiger partial charge is 0.272 e. The summed E-state index contributed by atoms with van der Waals surface area (Å²) in [5, 5.41) is 6.79. The molecule has 106 valence electrons. The van der Waals surface area contributed by atoms with Crippen LogP contribution in [0, 0.1) is 0 Å². The predicted octanol–water partition coefficient (Wildman–Crippen LogP) is 0.697. The van der Waals surface area contributed by atoms with Crippen LogP contribution < -0.4 is 10.9 Å². The van der Waals surface area contributed by atoms with Gasteiger partial charge in [0, 0.05) is 18.8 Å². The van der Waals surface area contributed by atoms with Crippen LogP contribution in [0.4, 0.5) is 0 Å². The molecule has 2 heterocycles. The zero-order chi connectivity index (χ0) is 14.4. The summed E-state index contributed by atoms with van der Waals surface area (Å²) in [7, 11) is 0. The zero-order valence-electron chi connectivity index (χ0n) is 11.3. The molecule has 0 bridgehead atoms. The number of H-pyrrole nitrogens is 1. The molecule has 0 saturated carbocycles. The summed E-state index contributed by atoms with van der Waals surface area (Å²) in [5.74, 6) is -0.315. The lowest BCUT2D eigenvalue weighted by molar-refractivity contribution is 0.0943. The maximum atomic E-state index is 12.0. The molecule has 2 N–H and O–H groups in total. The van der Waals surface area contributed by atoms with Gasteiger partial charge in [-0.25, -0.2) is 9.67 Å². The molecule has 0 saturated heterocycles. The lowest BCUT2D eigenvalue weighted by Crippen LogP contribution is -2.29. The van der Waals surface area contributed by atoms with Crippen molar-refractivity contribution < 1.29 is 4.79 Å². The maximum absolute atomic E-state index is 12.0. The second-order valence-electron chi connectivity index (χ2n) is 4.39. The Kier molecular flexibility index (Phi) is 4.65. The molecule has 0 unspecified atom stereocenters. The van der Waals surface area contributed by atoms with Crippen LogP contribution in [-0.4, -0.2) is 25.7 Å². The van der Waals surface area contributed by atoms with Gasteiger partial charge in [-0.15, -0.1) is 0 Å². The number of nitrogens with one attached hydrogen (secondary N) is 2.